The van der Waals surface area contributed by atoms with Crippen LogP contribution in [0, 0.1) is 0 Å². The Morgan fingerprint density at radius 3 is 1.88 bits per heavy atom. The summed E-state index contributed by atoms with van der Waals surface area (Å²) in [6.45, 7) is 19.0. The molecule has 0 bridgehead atoms. The van der Waals surface area contributed by atoms with Crippen LogP contribution in [-0.4, -0.2) is 76.7 Å². The zero-order valence-electron chi connectivity index (χ0n) is 25.3. The Labute approximate surface area is 238 Å². The van der Waals surface area contributed by atoms with Crippen molar-refractivity contribution in [3.8, 4) is 5.75 Å². The van der Waals surface area contributed by atoms with Gasteiger partial charge in [0, 0.05) is 50.9 Å². The number of ether oxygens (including phenoxy) is 1. The van der Waals surface area contributed by atoms with Crippen LogP contribution < -0.4 is 20.9 Å². The van der Waals surface area contributed by atoms with E-state index < -0.39 is 26.3 Å². The van der Waals surface area contributed by atoms with Crippen molar-refractivity contribution in [2.75, 3.05) is 37.6 Å². The Kier molecular flexibility index (Phi) is 9.33. The van der Waals surface area contributed by atoms with Gasteiger partial charge in [-0.3, -0.25) is 18.8 Å². The molecule has 0 saturated carbocycles. The average Bonchev–Trinajstić information content (AvgIpc) is 2.83. The Hall–Kier alpha value is -2.63. The molecule has 2 aromatic rings. The number of aliphatic hydroxyl groups is 1. The largest absolute Gasteiger partial charge is 0.485 e. The lowest BCUT2D eigenvalue weighted by molar-refractivity contribution is -0.0450. The molecular formula is C29H46N4O6S. The van der Waals surface area contributed by atoms with Crippen LogP contribution in [0.4, 0.5) is 5.82 Å². The third kappa shape index (κ3) is 6.63. The number of anilines is 1. The second-order valence-corrected chi connectivity index (χ2v) is 15.4. The van der Waals surface area contributed by atoms with E-state index in [1.54, 1.807) is 57.4 Å². The smallest absolute Gasteiger partial charge is 0.333 e. The van der Waals surface area contributed by atoms with E-state index in [4.69, 9.17) is 4.74 Å². The molecule has 1 aromatic carbocycles. The maximum atomic E-state index is 13.1. The van der Waals surface area contributed by atoms with Gasteiger partial charge in [-0.2, -0.15) is 0 Å². The first-order chi connectivity index (χ1) is 18.4. The van der Waals surface area contributed by atoms with Crippen LogP contribution in [-0.2, 0) is 9.84 Å². The van der Waals surface area contributed by atoms with Crippen molar-refractivity contribution in [2.24, 2.45) is 0 Å². The van der Waals surface area contributed by atoms with Gasteiger partial charge >= 0.3 is 5.69 Å². The van der Waals surface area contributed by atoms with Gasteiger partial charge in [0.1, 0.15) is 23.3 Å². The molecule has 0 amide bonds. The van der Waals surface area contributed by atoms with Gasteiger partial charge in [-0.25, -0.2) is 13.2 Å². The number of β-amino-alcohol motifs (C(OH)–C–C–N with tert-alkyl or cyclic N) is 1. The summed E-state index contributed by atoms with van der Waals surface area (Å²) in [5.41, 5.74) is -1.53. The summed E-state index contributed by atoms with van der Waals surface area (Å²) in [7, 11) is -3.47. The van der Waals surface area contributed by atoms with Gasteiger partial charge in [0.15, 0.2) is 9.84 Å². The van der Waals surface area contributed by atoms with Crippen molar-refractivity contribution < 1.29 is 18.3 Å². The van der Waals surface area contributed by atoms with E-state index >= 15 is 0 Å². The summed E-state index contributed by atoms with van der Waals surface area (Å²) < 4.78 is 33.5. The van der Waals surface area contributed by atoms with E-state index in [1.807, 2.05) is 27.7 Å². The monoisotopic (exact) mass is 578 g/mol. The Morgan fingerprint density at radius 1 is 0.875 bits per heavy atom. The Balaban J connectivity index is 1.66. The van der Waals surface area contributed by atoms with Crippen LogP contribution in [0.5, 0.6) is 5.75 Å². The van der Waals surface area contributed by atoms with Crippen molar-refractivity contribution in [1.82, 2.24) is 14.0 Å². The lowest BCUT2D eigenvalue weighted by Crippen LogP contribution is -2.54. The minimum absolute atomic E-state index is 0.103. The lowest BCUT2D eigenvalue weighted by atomic mass is 10.0. The molecule has 40 heavy (non-hydrogen) atoms. The summed E-state index contributed by atoms with van der Waals surface area (Å²) in [6, 6.07) is 7.54. The van der Waals surface area contributed by atoms with Gasteiger partial charge in [-0.05, 0) is 86.6 Å². The van der Waals surface area contributed by atoms with E-state index in [9.17, 15) is 23.1 Å². The molecule has 0 aliphatic carbocycles. The molecule has 1 fully saturated rings. The maximum absolute atomic E-state index is 13.1. The molecule has 1 aliphatic heterocycles. The molecule has 2 heterocycles. The van der Waals surface area contributed by atoms with Gasteiger partial charge in [0.2, 0.25) is 0 Å². The minimum atomic E-state index is -3.47. The first-order valence-electron chi connectivity index (χ1n) is 13.9. The number of aliphatic hydroxyl groups excluding tert-OH is 1. The number of hydrogen-bond acceptors (Lipinski definition) is 8. The molecule has 1 unspecified atom stereocenters. The standard InChI is InChI=1S/C29H46N4O6S/c1-20(2)32-25(18-26(35)33(21(3)4)27(32)36)31-16-14-30(15-17-31)19-24(34)29(8,9)39-22-10-12-23(13-11-22)40(37,38)28(5,6)7/h10-13,18,20-21,24,34H,14-17,19H2,1-9H3. The molecular weight excluding hydrogens is 532 g/mol. The van der Waals surface area contributed by atoms with Gasteiger partial charge in [-0.15, -0.1) is 0 Å². The topological polar surface area (TPSA) is 114 Å². The van der Waals surface area contributed by atoms with Crippen LogP contribution in [0.2, 0.25) is 0 Å². The number of hydrogen-bond donors (Lipinski definition) is 1. The quantitative estimate of drug-likeness (QED) is 0.483. The number of rotatable bonds is 9. The van der Waals surface area contributed by atoms with Crippen LogP contribution in [0.3, 0.4) is 0 Å². The fourth-order valence-corrected chi connectivity index (χ4v) is 6.00. The SMILES string of the molecule is CC(C)n1c(N2CCN(CC(O)C(C)(C)Oc3ccc(S(=O)(=O)C(C)(C)C)cc3)CC2)cc(=O)n(C(C)C)c1=O. The number of piperazine rings is 1. The van der Waals surface area contributed by atoms with E-state index in [0.717, 1.165) is 0 Å². The number of sulfone groups is 1. The summed E-state index contributed by atoms with van der Waals surface area (Å²) in [6.07, 6.45) is -0.819. The van der Waals surface area contributed by atoms with E-state index in [0.29, 0.717) is 44.3 Å². The number of nitrogens with zero attached hydrogens (tertiary/aromatic N) is 4. The highest BCUT2D eigenvalue weighted by Gasteiger charge is 2.34. The molecule has 3 rings (SSSR count). The predicted molar refractivity (Wildman–Crippen MR) is 158 cm³/mol. The molecule has 0 radical (unpaired) electrons. The number of aromatic nitrogens is 2. The fourth-order valence-electron chi connectivity index (χ4n) is 4.80. The van der Waals surface area contributed by atoms with Gasteiger partial charge in [0.05, 0.1) is 9.64 Å². The maximum Gasteiger partial charge on any atom is 0.333 e. The van der Waals surface area contributed by atoms with E-state index in [1.165, 1.54) is 16.7 Å². The number of benzene rings is 1. The highest BCUT2D eigenvalue weighted by atomic mass is 32.2. The Morgan fingerprint density at radius 2 is 1.40 bits per heavy atom. The summed E-state index contributed by atoms with van der Waals surface area (Å²) in [5, 5.41) is 11.1. The molecule has 0 spiro atoms. The zero-order chi connectivity index (χ0) is 30.2. The second-order valence-electron chi connectivity index (χ2n) is 12.6. The molecule has 1 saturated heterocycles. The normalized spacial score (nSPS) is 16.6. The summed E-state index contributed by atoms with van der Waals surface area (Å²) in [4.78, 5) is 30.3. The van der Waals surface area contributed by atoms with Crippen LogP contribution in [0.25, 0.3) is 0 Å². The molecule has 1 aliphatic rings. The fraction of sp³-hybridized carbons (Fsp3) is 0.655. The molecule has 1 N–H and O–H groups in total. The second kappa shape index (κ2) is 11.7. The summed E-state index contributed by atoms with van der Waals surface area (Å²) >= 11 is 0. The predicted octanol–water partition coefficient (Wildman–Crippen LogP) is 3.08. The molecule has 11 heteroatoms. The van der Waals surface area contributed by atoms with Crippen molar-refractivity contribution in [3.05, 3.63) is 51.2 Å². The third-order valence-electron chi connectivity index (χ3n) is 7.43. The van der Waals surface area contributed by atoms with E-state index in [-0.39, 0.29) is 28.2 Å². The van der Waals surface area contributed by atoms with Crippen LogP contribution >= 0.6 is 0 Å². The van der Waals surface area contributed by atoms with Crippen molar-refractivity contribution >= 4 is 15.7 Å². The van der Waals surface area contributed by atoms with Gasteiger partial charge < -0.3 is 14.7 Å². The van der Waals surface area contributed by atoms with Gasteiger partial charge in [0.25, 0.3) is 5.56 Å². The molecule has 1 aromatic heterocycles. The van der Waals surface area contributed by atoms with Crippen molar-refractivity contribution in [1.29, 1.82) is 0 Å². The van der Waals surface area contributed by atoms with Crippen LogP contribution in [0.15, 0.2) is 44.8 Å². The third-order valence-corrected chi connectivity index (χ3v) is 9.94. The molecule has 224 valence electrons. The zero-order valence-corrected chi connectivity index (χ0v) is 26.2. The minimum Gasteiger partial charge on any atom is -0.485 e. The Bertz CT molecular complexity index is 1390. The van der Waals surface area contributed by atoms with E-state index in [2.05, 4.69) is 9.80 Å². The highest BCUT2D eigenvalue weighted by Crippen LogP contribution is 2.28. The highest BCUT2D eigenvalue weighted by molar-refractivity contribution is 7.92. The van der Waals surface area contributed by atoms with Crippen molar-refractivity contribution in [2.45, 2.75) is 95.7 Å². The summed E-state index contributed by atoms with van der Waals surface area (Å²) in [5.74, 6) is 1.10. The van der Waals surface area contributed by atoms with Gasteiger partial charge in [-0.1, -0.05) is 0 Å². The van der Waals surface area contributed by atoms with Crippen LogP contribution in [0.1, 0.15) is 74.4 Å². The van der Waals surface area contributed by atoms with Crippen molar-refractivity contribution in [3.63, 3.8) is 0 Å². The molecule has 10 nitrogen and oxygen atoms in total. The first-order valence-corrected chi connectivity index (χ1v) is 15.4. The molecule has 1 atom stereocenters. The lowest BCUT2D eigenvalue weighted by Gasteiger charge is -2.40. The first kappa shape index (κ1) is 31.9. The average molecular weight is 579 g/mol.